The third-order valence-corrected chi connectivity index (χ3v) is 2.60. The fourth-order valence-electron chi connectivity index (χ4n) is 1.53. The third-order valence-electron chi connectivity index (χ3n) is 2.60. The fraction of sp³-hybridized carbons (Fsp3) is 0.0714. The topological polar surface area (TPSA) is 76.8 Å². The number of anilines is 1. The molecule has 2 aromatic carbocycles. The Hall–Kier alpha value is -2.89. The van der Waals surface area contributed by atoms with Crippen LogP contribution in [-0.2, 0) is 0 Å². The molecule has 102 valence electrons. The molecule has 0 amide bonds. The summed E-state index contributed by atoms with van der Waals surface area (Å²) in [5.74, 6) is 0.780. The number of benzene rings is 2. The van der Waals surface area contributed by atoms with Crippen molar-refractivity contribution in [3.8, 4) is 5.75 Å². The lowest BCUT2D eigenvalue weighted by Gasteiger charge is -2.02. The summed E-state index contributed by atoms with van der Waals surface area (Å²) in [4.78, 5) is 14.2. The number of ether oxygens (including phenoxy) is 1. The minimum atomic E-state index is -0.441. The van der Waals surface area contributed by atoms with Crippen LogP contribution in [0.2, 0.25) is 0 Å². The van der Waals surface area contributed by atoms with Gasteiger partial charge < -0.3 is 10.1 Å². The summed E-state index contributed by atoms with van der Waals surface area (Å²) in [5.41, 5.74) is 1.56. The number of nitrogens with zero attached hydrogens (tertiary/aromatic N) is 2. The summed E-state index contributed by atoms with van der Waals surface area (Å²) < 4.78 is 5.06. The highest BCUT2D eigenvalue weighted by atomic mass is 16.6. The van der Waals surface area contributed by atoms with Crippen LogP contribution >= 0.6 is 0 Å². The minimum absolute atomic E-state index is 0.0482. The van der Waals surface area contributed by atoms with E-state index in [-0.39, 0.29) is 5.69 Å². The van der Waals surface area contributed by atoms with Crippen LogP contribution in [0.25, 0.3) is 0 Å². The number of nitro benzene ring substituents is 1. The number of non-ortho nitro benzene ring substituents is 1. The predicted molar refractivity (Wildman–Crippen MR) is 77.9 cm³/mol. The molecule has 2 aromatic rings. The molecule has 0 aromatic heterocycles. The van der Waals surface area contributed by atoms with Gasteiger partial charge in [-0.15, -0.1) is 0 Å². The van der Waals surface area contributed by atoms with Gasteiger partial charge in [0.25, 0.3) is 5.69 Å². The van der Waals surface area contributed by atoms with E-state index in [0.717, 1.165) is 11.4 Å². The molecule has 0 unspecified atom stereocenters. The van der Waals surface area contributed by atoms with Crippen LogP contribution in [0.1, 0.15) is 0 Å². The maximum Gasteiger partial charge on any atom is 0.269 e. The van der Waals surface area contributed by atoms with E-state index in [1.165, 1.54) is 18.5 Å². The van der Waals surface area contributed by atoms with Crippen LogP contribution in [0, 0.1) is 10.1 Å². The van der Waals surface area contributed by atoms with E-state index in [0.29, 0.717) is 5.69 Å². The summed E-state index contributed by atoms with van der Waals surface area (Å²) >= 11 is 0. The normalized spacial score (nSPS) is 10.4. The Kier molecular flexibility index (Phi) is 4.28. The predicted octanol–water partition coefficient (Wildman–Crippen LogP) is 3.38. The standard InChI is InChI=1S/C14H13N3O3/c1-20-14-8-4-12(5-9-14)16-10-15-11-2-6-13(7-3-11)17(18)19/h2-10H,1H3,(H,15,16). The van der Waals surface area contributed by atoms with E-state index in [4.69, 9.17) is 4.74 Å². The van der Waals surface area contributed by atoms with Gasteiger partial charge in [-0.2, -0.15) is 0 Å². The van der Waals surface area contributed by atoms with Gasteiger partial charge in [0, 0.05) is 17.8 Å². The Morgan fingerprint density at radius 1 is 1.15 bits per heavy atom. The highest BCUT2D eigenvalue weighted by Crippen LogP contribution is 2.18. The lowest BCUT2D eigenvalue weighted by atomic mass is 10.3. The first-order valence-electron chi connectivity index (χ1n) is 5.86. The summed E-state index contributed by atoms with van der Waals surface area (Å²) in [7, 11) is 1.61. The van der Waals surface area contributed by atoms with Crippen LogP contribution in [-0.4, -0.2) is 18.4 Å². The van der Waals surface area contributed by atoms with Crippen molar-refractivity contribution in [3.05, 3.63) is 58.6 Å². The Labute approximate surface area is 115 Å². The van der Waals surface area contributed by atoms with Crippen molar-refractivity contribution in [3.63, 3.8) is 0 Å². The third kappa shape index (κ3) is 3.55. The van der Waals surface area contributed by atoms with Gasteiger partial charge in [-0.3, -0.25) is 10.1 Å². The summed E-state index contributed by atoms with van der Waals surface area (Å²) in [6.07, 6.45) is 1.53. The van der Waals surface area contributed by atoms with Gasteiger partial charge in [-0.05, 0) is 36.4 Å². The van der Waals surface area contributed by atoms with E-state index in [1.807, 2.05) is 24.3 Å². The highest BCUT2D eigenvalue weighted by Gasteiger charge is 2.02. The van der Waals surface area contributed by atoms with Gasteiger partial charge in [-0.1, -0.05) is 0 Å². The fourth-order valence-corrected chi connectivity index (χ4v) is 1.53. The smallest absolute Gasteiger partial charge is 0.269 e. The molecule has 0 radical (unpaired) electrons. The second-order valence-electron chi connectivity index (χ2n) is 3.90. The second-order valence-corrected chi connectivity index (χ2v) is 3.90. The molecule has 20 heavy (non-hydrogen) atoms. The summed E-state index contributed by atoms with van der Waals surface area (Å²) in [5, 5.41) is 13.5. The van der Waals surface area contributed by atoms with E-state index < -0.39 is 4.92 Å². The maximum atomic E-state index is 10.5. The molecule has 0 spiro atoms. The number of rotatable bonds is 5. The zero-order valence-electron chi connectivity index (χ0n) is 10.8. The van der Waals surface area contributed by atoms with Crippen molar-refractivity contribution < 1.29 is 9.66 Å². The molecule has 0 heterocycles. The van der Waals surface area contributed by atoms with Gasteiger partial charge in [0.15, 0.2) is 0 Å². The molecule has 1 N–H and O–H groups in total. The monoisotopic (exact) mass is 271 g/mol. The van der Waals surface area contributed by atoms with Gasteiger partial charge in [0.1, 0.15) is 5.75 Å². The van der Waals surface area contributed by atoms with Crippen molar-refractivity contribution in [1.82, 2.24) is 0 Å². The molecule has 2 rings (SSSR count). The van der Waals surface area contributed by atoms with Crippen molar-refractivity contribution >= 4 is 23.4 Å². The van der Waals surface area contributed by atoms with Crippen LogP contribution in [0.3, 0.4) is 0 Å². The van der Waals surface area contributed by atoms with Crippen LogP contribution < -0.4 is 10.1 Å². The van der Waals surface area contributed by atoms with Crippen molar-refractivity contribution in [2.75, 3.05) is 12.4 Å². The molecule has 0 aliphatic carbocycles. The molecule has 6 heteroatoms. The van der Waals surface area contributed by atoms with E-state index in [9.17, 15) is 10.1 Å². The Balaban J connectivity index is 1.96. The highest BCUT2D eigenvalue weighted by molar-refractivity contribution is 5.78. The Bertz CT molecular complexity index is 607. The molecule has 0 atom stereocenters. The van der Waals surface area contributed by atoms with Gasteiger partial charge in [0.05, 0.1) is 24.1 Å². The maximum absolute atomic E-state index is 10.5. The lowest BCUT2D eigenvalue weighted by molar-refractivity contribution is -0.384. The van der Waals surface area contributed by atoms with Gasteiger partial charge in [-0.25, -0.2) is 4.99 Å². The zero-order valence-corrected chi connectivity index (χ0v) is 10.8. The van der Waals surface area contributed by atoms with Crippen LogP contribution in [0.5, 0.6) is 5.75 Å². The molecule has 6 nitrogen and oxygen atoms in total. The number of aliphatic imine (C=N–C) groups is 1. The average Bonchev–Trinajstić information content (AvgIpc) is 2.48. The molecule has 0 saturated heterocycles. The number of methoxy groups -OCH3 is 1. The number of hydrogen-bond acceptors (Lipinski definition) is 4. The number of nitro groups is 1. The SMILES string of the molecule is COc1ccc(NC=Nc2ccc([N+](=O)[O-])cc2)cc1. The molecule has 0 aliphatic rings. The Morgan fingerprint density at radius 2 is 1.80 bits per heavy atom. The molecular weight excluding hydrogens is 258 g/mol. The summed E-state index contributed by atoms with van der Waals surface area (Å²) in [6.45, 7) is 0. The zero-order chi connectivity index (χ0) is 14.4. The number of hydrogen-bond donors (Lipinski definition) is 1. The van der Waals surface area contributed by atoms with E-state index in [2.05, 4.69) is 10.3 Å². The lowest BCUT2D eigenvalue weighted by Crippen LogP contribution is -1.94. The molecular formula is C14H13N3O3. The minimum Gasteiger partial charge on any atom is -0.497 e. The largest absolute Gasteiger partial charge is 0.497 e. The van der Waals surface area contributed by atoms with Gasteiger partial charge in [0.2, 0.25) is 0 Å². The second kappa shape index (κ2) is 6.33. The van der Waals surface area contributed by atoms with E-state index in [1.54, 1.807) is 19.2 Å². The molecule has 0 bridgehead atoms. The summed E-state index contributed by atoms with van der Waals surface area (Å²) in [6, 6.07) is 13.4. The van der Waals surface area contributed by atoms with Crippen LogP contribution in [0.4, 0.5) is 17.1 Å². The van der Waals surface area contributed by atoms with E-state index >= 15 is 0 Å². The first kappa shape index (κ1) is 13.5. The van der Waals surface area contributed by atoms with Crippen molar-refractivity contribution in [1.29, 1.82) is 0 Å². The van der Waals surface area contributed by atoms with Gasteiger partial charge >= 0.3 is 0 Å². The quantitative estimate of drug-likeness (QED) is 0.391. The first-order valence-corrected chi connectivity index (χ1v) is 5.86. The van der Waals surface area contributed by atoms with Crippen LogP contribution in [0.15, 0.2) is 53.5 Å². The van der Waals surface area contributed by atoms with Crippen molar-refractivity contribution in [2.45, 2.75) is 0 Å². The first-order chi connectivity index (χ1) is 9.69. The van der Waals surface area contributed by atoms with Crippen molar-refractivity contribution in [2.24, 2.45) is 4.99 Å². The Morgan fingerprint density at radius 3 is 2.35 bits per heavy atom. The molecule has 0 saturated carbocycles. The number of nitrogens with one attached hydrogen (secondary N) is 1. The molecule has 0 fully saturated rings. The molecule has 0 aliphatic heterocycles. The average molecular weight is 271 g/mol.